The number of unbranched alkanes of at least 4 members (excludes halogenated alkanes) is 1. The van der Waals surface area contributed by atoms with Gasteiger partial charge < -0.3 is 42.3 Å². The number of aliphatic carboxylic acids is 2. The van der Waals surface area contributed by atoms with Crippen molar-refractivity contribution in [2.45, 2.75) is 62.6 Å². The van der Waals surface area contributed by atoms with Crippen LogP contribution in [0.5, 0.6) is 0 Å². The van der Waals surface area contributed by atoms with E-state index in [1.165, 1.54) is 7.11 Å². The molecule has 0 fully saturated rings. The molecule has 0 bridgehead atoms. The number of ether oxygens (including phenoxy) is 1. The summed E-state index contributed by atoms with van der Waals surface area (Å²) >= 11 is 0. The molecule has 2 aliphatic rings. The smallest absolute Gasteiger partial charge is 0.475 e. The molecule has 0 aromatic heterocycles. The van der Waals surface area contributed by atoms with Crippen LogP contribution in [-0.4, -0.2) is 95.0 Å². The third-order valence-corrected chi connectivity index (χ3v) is 6.82. The Bertz CT molecular complexity index is 1390. The van der Waals surface area contributed by atoms with Crippen LogP contribution < -0.4 is 21.3 Å². The van der Waals surface area contributed by atoms with Crippen LogP contribution in [-0.2, 0) is 41.6 Å². The molecular weight excluding hydrogens is 678 g/mol. The first-order chi connectivity index (χ1) is 21.9. The number of anilines is 2. The number of carboxylic acids is 2. The van der Waals surface area contributed by atoms with Crippen LogP contribution in [0.1, 0.15) is 30.4 Å². The van der Waals surface area contributed by atoms with Crippen molar-refractivity contribution in [2.75, 3.05) is 23.9 Å². The fourth-order valence-corrected chi connectivity index (χ4v) is 4.63. The van der Waals surface area contributed by atoms with Crippen LogP contribution in [0.25, 0.3) is 0 Å². The Morgan fingerprint density at radius 3 is 1.90 bits per heavy atom. The number of amides is 2. The maximum Gasteiger partial charge on any atom is 0.490 e. The number of nitrogens with one attached hydrogen (secondary N) is 2. The lowest BCUT2D eigenvalue weighted by Gasteiger charge is -2.29. The fraction of sp³-hybridized carbons (Fsp3) is 0.414. The van der Waals surface area contributed by atoms with Crippen LogP contribution in [0.4, 0.5) is 37.7 Å². The standard InChI is InChI=1S/C25H30N4O4.2C2HF3O2.2H2O/c1-33-25(32)19(11-6-7-13-26)28-23(30)22-15-17-9-3-5-12-21(17)29(22)24(31)20-14-16-8-2-4-10-18(16)27-20;2*3-2(4,5)1(6)7;;/h2-5,8-10,12,19-20,22,27H,6-7,11,13-15,26H2,1H3,(H,28,30);2*(H,6,7);2*1H2/t19-,20?,22?;;;;/m0..../s1. The summed E-state index contributed by atoms with van der Waals surface area (Å²) in [5.41, 5.74) is 9.24. The average Bonchev–Trinajstić information content (AvgIpc) is 3.62. The molecule has 2 heterocycles. The molecule has 2 aromatic rings. The first-order valence-electron chi connectivity index (χ1n) is 13.9. The number of carboxylic acid groups (broad SMARTS) is 2. The highest BCUT2D eigenvalue weighted by Crippen LogP contribution is 2.35. The topological polar surface area (TPSA) is 251 Å². The summed E-state index contributed by atoms with van der Waals surface area (Å²) in [5, 5.41) is 20.4. The number of benzene rings is 2. The second-order valence-electron chi connectivity index (χ2n) is 10.1. The van der Waals surface area contributed by atoms with Gasteiger partial charge in [-0.25, -0.2) is 14.4 Å². The fourth-order valence-electron chi connectivity index (χ4n) is 4.63. The highest BCUT2D eigenvalue weighted by atomic mass is 19.4. The van der Waals surface area contributed by atoms with E-state index in [9.17, 15) is 40.7 Å². The number of alkyl halides is 6. The maximum absolute atomic E-state index is 13.7. The van der Waals surface area contributed by atoms with Gasteiger partial charge in [0.15, 0.2) is 0 Å². The van der Waals surface area contributed by atoms with Gasteiger partial charge in [0.25, 0.3) is 5.91 Å². The Balaban J connectivity index is 0.00000122. The van der Waals surface area contributed by atoms with Crippen LogP contribution in [0.15, 0.2) is 48.5 Å². The molecule has 0 saturated heterocycles. The van der Waals surface area contributed by atoms with Crippen molar-refractivity contribution in [1.82, 2.24) is 5.32 Å². The van der Waals surface area contributed by atoms with Gasteiger partial charge in [-0.1, -0.05) is 36.4 Å². The quantitative estimate of drug-likeness (QED) is 0.149. The van der Waals surface area contributed by atoms with Gasteiger partial charge in [-0.15, -0.1) is 0 Å². The summed E-state index contributed by atoms with van der Waals surface area (Å²) in [5.74, 6) is -6.53. The van der Waals surface area contributed by atoms with E-state index in [2.05, 4.69) is 10.6 Å². The van der Waals surface area contributed by atoms with Crippen molar-refractivity contribution < 1.29 is 76.2 Å². The van der Waals surface area contributed by atoms with Crippen molar-refractivity contribution in [3.63, 3.8) is 0 Å². The number of halogens is 6. The summed E-state index contributed by atoms with van der Waals surface area (Å²) in [6.45, 7) is 0.513. The Morgan fingerprint density at radius 1 is 0.898 bits per heavy atom. The van der Waals surface area contributed by atoms with E-state index < -0.39 is 48.4 Å². The Kier molecular flexibility index (Phi) is 17.2. The monoisotopic (exact) mass is 714 g/mol. The van der Waals surface area contributed by atoms with Gasteiger partial charge in [-0.05, 0) is 49.1 Å². The van der Waals surface area contributed by atoms with Gasteiger partial charge in [-0.2, -0.15) is 26.3 Å². The van der Waals surface area contributed by atoms with Crippen LogP contribution in [0.2, 0.25) is 0 Å². The molecule has 10 N–H and O–H groups in total. The SMILES string of the molecule is COC(=O)[C@H](CCCCN)NC(=O)C1Cc2ccccc2N1C(=O)C1Cc2ccccc2N1.O.O.O=C(O)C(F)(F)F.O=C(O)C(F)(F)F. The predicted molar refractivity (Wildman–Crippen MR) is 160 cm³/mol. The lowest BCUT2D eigenvalue weighted by molar-refractivity contribution is -0.193. The van der Waals surface area contributed by atoms with E-state index in [-0.39, 0.29) is 22.8 Å². The van der Waals surface area contributed by atoms with E-state index in [0.717, 1.165) is 28.9 Å². The number of nitrogens with two attached hydrogens (primary N) is 1. The van der Waals surface area contributed by atoms with Gasteiger partial charge in [0, 0.05) is 24.2 Å². The maximum atomic E-state index is 13.7. The molecule has 0 spiro atoms. The van der Waals surface area contributed by atoms with E-state index in [1.807, 2.05) is 48.5 Å². The van der Waals surface area contributed by atoms with Crippen molar-refractivity contribution in [2.24, 2.45) is 5.73 Å². The number of hydrogen-bond donors (Lipinski definition) is 5. The number of nitrogens with zero attached hydrogens (tertiary/aromatic N) is 1. The molecular formula is C29H36F6N4O10. The summed E-state index contributed by atoms with van der Waals surface area (Å²) < 4.78 is 68.4. The largest absolute Gasteiger partial charge is 0.490 e. The molecule has 0 saturated carbocycles. The third-order valence-electron chi connectivity index (χ3n) is 6.82. The Hall–Kier alpha value is -4.95. The lowest BCUT2D eigenvalue weighted by Crippen LogP contribution is -2.55. The van der Waals surface area contributed by atoms with E-state index in [0.29, 0.717) is 32.2 Å². The molecule has 274 valence electrons. The van der Waals surface area contributed by atoms with Crippen molar-refractivity contribution in [3.05, 3.63) is 59.7 Å². The number of hydrogen-bond acceptors (Lipinski definition) is 8. The van der Waals surface area contributed by atoms with Crippen LogP contribution in [0.3, 0.4) is 0 Å². The molecule has 0 aliphatic carbocycles. The van der Waals surface area contributed by atoms with Gasteiger partial charge in [0.05, 0.1) is 7.11 Å². The second kappa shape index (κ2) is 19.1. The minimum Gasteiger partial charge on any atom is -0.475 e. The lowest BCUT2D eigenvalue weighted by atomic mass is 10.1. The van der Waals surface area contributed by atoms with Gasteiger partial charge in [0.2, 0.25) is 5.91 Å². The summed E-state index contributed by atoms with van der Waals surface area (Å²) in [6.07, 6.45) is -7.34. The number of carbonyl (C=O) groups excluding carboxylic acids is 3. The van der Waals surface area contributed by atoms with Crippen molar-refractivity contribution in [3.8, 4) is 0 Å². The Labute approximate surface area is 274 Å². The summed E-state index contributed by atoms with van der Waals surface area (Å²) in [4.78, 5) is 58.7. The number of rotatable bonds is 8. The molecule has 2 aromatic carbocycles. The van der Waals surface area contributed by atoms with Crippen molar-refractivity contribution >= 4 is 41.1 Å². The van der Waals surface area contributed by atoms with Crippen LogP contribution >= 0.6 is 0 Å². The molecule has 2 unspecified atom stereocenters. The number of fused-ring (bicyclic) bond motifs is 2. The summed E-state index contributed by atoms with van der Waals surface area (Å²) in [7, 11) is 1.30. The van der Waals surface area contributed by atoms with Gasteiger partial charge in [-0.3, -0.25) is 14.5 Å². The average molecular weight is 715 g/mol. The molecule has 20 heteroatoms. The molecule has 2 aliphatic heterocycles. The molecule has 2 amide bonds. The molecule has 4 rings (SSSR count). The minimum absolute atomic E-state index is 0. The zero-order valence-electron chi connectivity index (χ0n) is 25.7. The normalized spacial score (nSPS) is 16.2. The minimum atomic E-state index is -5.08. The summed E-state index contributed by atoms with van der Waals surface area (Å²) in [6, 6.07) is 13.4. The van der Waals surface area contributed by atoms with E-state index in [1.54, 1.807) is 4.90 Å². The molecule has 49 heavy (non-hydrogen) atoms. The second-order valence-corrected chi connectivity index (χ2v) is 10.1. The molecule has 3 atom stereocenters. The number of para-hydroxylation sites is 2. The zero-order valence-corrected chi connectivity index (χ0v) is 25.7. The predicted octanol–water partition coefficient (Wildman–Crippen LogP) is 1.39. The van der Waals surface area contributed by atoms with Gasteiger partial charge in [0.1, 0.15) is 18.1 Å². The van der Waals surface area contributed by atoms with E-state index in [4.69, 9.17) is 30.3 Å². The number of carbonyl (C=O) groups is 5. The zero-order chi connectivity index (χ0) is 35.5. The molecule has 14 nitrogen and oxygen atoms in total. The number of esters is 1. The van der Waals surface area contributed by atoms with Crippen molar-refractivity contribution in [1.29, 1.82) is 0 Å². The van der Waals surface area contributed by atoms with Gasteiger partial charge >= 0.3 is 30.3 Å². The highest BCUT2D eigenvalue weighted by Gasteiger charge is 2.43. The highest BCUT2D eigenvalue weighted by molar-refractivity contribution is 6.07. The number of methoxy groups -OCH3 is 1. The Morgan fingerprint density at radius 2 is 1.41 bits per heavy atom. The molecule has 0 radical (unpaired) electrons. The van der Waals surface area contributed by atoms with E-state index >= 15 is 0 Å². The third kappa shape index (κ3) is 12.5. The first-order valence-corrected chi connectivity index (χ1v) is 13.9. The first kappa shape index (κ1) is 44.0. The van der Waals surface area contributed by atoms with Crippen LogP contribution in [0, 0.1) is 0 Å².